The fourth-order valence-corrected chi connectivity index (χ4v) is 2.35. The van der Waals surface area contributed by atoms with Crippen LogP contribution in [0.1, 0.15) is 30.6 Å². The highest BCUT2D eigenvalue weighted by Gasteiger charge is 2.24. The predicted octanol–water partition coefficient (Wildman–Crippen LogP) is 1.68. The van der Waals surface area contributed by atoms with Gasteiger partial charge < -0.3 is 15.7 Å². The quantitative estimate of drug-likeness (QED) is 0.617. The molecule has 1 fully saturated rings. The number of ketones is 1. The number of β-amino-alcohol motifs (C(OH)–C–C–N with tert-alkyl or cyclic N) is 1. The van der Waals surface area contributed by atoms with Crippen molar-refractivity contribution in [2.24, 2.45) is 5.92 Å². The van der Waals surface area contributed by atoms with Crippen molar-refractivity contribution in [2.45, 2.75) is 26.4 Å². The summed E-state index contributed by atoms with van der Waals surface area (Å²) in [5.74, 6) is 0.321. The van der Waals surface area contributed by atoms with Crippen LogP contribution in [0.25, 0.3) is 0 Å². The second kappa shape index (κ2) is 4.98. The Balaban J connectivity index is 2.19. The molecule has 0 aromatic heterocycles. The Morgan fingerprint density at radius 1 is 1.50 bits per heavy atom. The number of nitrogens with two attached hydrogens (primary N) is 1. The molecule has 1 saturated heterocycles. The number of nitrogens with zero attached hydrogens (tertiary/aromatic N) is 1. The van der Waals surface area contributed by atoms with Crippen molar-refractivity contribution in [1.82, 2.24) is 0 Å². The molecule has 4 heteroatoms. The number of aliphatic hydroxyl groups excluding tert-OH is 1. The Hall–Kier alpha value is -1.55. The molecular formula is C14H20N2O2. The zero-order valence-corrected chi connectivity index (χ0v) is 10.9. The minimum atomic E-state index is -0.299. The average Bonchev–Trinajstić information content (AvgIpc) is 2.32. The maximum absolute atomic E-state index is 11.3. The summed E-state index contributed by atoms with van der Waals surface area (Å²) in [4.78, 5) is 13.4. The smallest absolute Gasteiger partial charge is 0.161 e. The Bertz CT molecular complexity index is 459. The molecule has 1 aromatic carbocycles. The van der Waals surface area contributed by atoms with Crippen LogP contribution in [0.15, 0.2) is 18.2 Å². The zero-order valence-electron chi connectivity index (χ0n) is 10.9. The molecule has 1 aliphatic rings. The molecule has 3 N–H and O–H groups in total. The lowest BCUT2D eigenvalue weighted by Gasteiger charge is -2.36. The summed E-state index contributed by atoms with van der Waals surface area (Å²) in [6, 6.07) is 5.48. The van der Waals surface area contributed by atoms with Gasteiger partial charge in [0, 0.05) is 30.0 Å². The fourth-order valence-electron chi connectivity index (χ4n) is 2.35. The van der Waals surface area contributed by atoms with Crippen LogP contribution in [0.3, 0.4) is 0 Å². The third-order valence-electron chi connectivity index (χ3n) is 3.70. The van der Waals surface area contributed by atoms with Gasteiger partial charge in [0.05, 0.1) is 6.10 Å². The largest absolute Gasteiger partial charge is 0.398 e. The maximum atomic E-state index is 11.3. The first-order chi connectivity index (χ1) is 8.49. The third kappa shape index (κ3) is 2.48. The number of carbonyl (C=O) groups excluding carboxylic acids is 1. The van der Waals surface area contributed by atoms with E-state index in [4.69, 9.17) is 5.73 Å². The van der Waals surface area contributed by atoms with Crippen molar-refractivity contribution in [3.8, 4) is 0 Å². The number of hydrogen-bond donors (Lipinski definition) is 2. The van der Waals surface area contributed by atoms with E-state index < -0.39 is 0 Å². The van der Waals surface area contributed by atoms with Crippen LogP contribution in [-0.4, -0.2) is 30.1 Å². The first-order valence-corrected chi connectivity index (χ1v) is 6.32. The highest BCUT2D eigenvalue weighted by atomic mass is 16.3. The molecule has 1 aliphatic heterocycles. The fraction of sp³-hybridized carbons (Fsp3) is 0.500. The van der Waals surface area contributed by atoms with Gasteiger partial charge in [-0.15, -0.1) is 0 Å². The number of benzene rings is 1. The van der Waals surface area contributed by atoms with E-state index in [9.17, 15) is 9.90 Å². The minimum absolute atomic E-state index is 0.0219. The molecule has 98 valence electrons. The third-order valence-corrected chi connectivity index (χ3v) is 3.70. The molecule has 2 atom stereocenters. The topological polar surface area (TPSA) is 66.6 Å². The lowest BCUT2D eigenvalue weighted by molar-refractivity contribution is 0.101. The molecule has 0 amide bonds. The van der Waals surface area contributed by atoms with Crippen LogP contribution >= 0.6 is 0 Å². The maximum Gasteiger partial charge on any atom is 0.161 e. The van der Waals surface area contributed by atoms with Crippen LogP contribution in [0.4, 0.5) is 11.4 Å². The molecule has 0 radical (unpaired) electrons. The Kier molecular flexibility index (Phi) is 3.57. The van der Waals surface area contributed by atoms with Crippen molar-refractivity contribution in [3.05, 3.63) is 23.8 Å². The molecule has 1 aromatic rings. The van der Waals surface area contributed by atoms with Gasteiger partial charge in [-0.2, -0.15) is 0 Å². The molecule has 18 heavy (non-hydrogen) atoms. The van der Waals surface area contributed by atoms with Crippen LogP contribution in [0.5, 0.6) is 0 Å². The molecule has 0 spiro atoms. The van der Waals surface area contributed by atoms with Gasteiger partial charge in [-0.1, -0.05) is 6.92 Å². The van der Waals surface area contributed by atoms with Gasteiger partial charge >= 0.3 is 0 Å². The van der Waals surface area contributed by atoms with Crippen LogP contribution in [0.2, 0.25) is 0 Å². The van der Waals surface area contributed by atoms with E-state index >= 15 is 0 Å². The molecule has 0 saturated carbocycles. The predicted molar refractivity (Wildman–Crippen MR) is 72.9 cm³/mol. The van der Waals surface area contributed by atoms with E-state index in [1.54, 1.807) is 6.07 Å². The lowest BCUT2D eigenvalue weighted by Crippen LogP contribution is -2.42. The van der Waals surface area contributed by atoms with E-state index in [1.165, 1.54) is 6.92 Å². The van der Waals surface area contributed by atoms with Gasteiger partial charge in [-0.25, -0.2) is 0 Å². The number of aliphatic hydroxyl groups is 1. The SMILES string of the molecule is CC(=O)c1ccc(N2CCC(C)C(O)C2)cc1N. The van der Waals surface area contributed by atoms with Gasteiger partial charge in [-0.05, 0) is 37.5 Å². The van der Waals surface area contributed by atoms with Gasteiger partial charge in [-0.3, -0.25) is 4.79 Å². The minimum Gasteiger partial charge on any atom is -0.398 e. The normalized spacial score (nSPS) is 24.1. The van der Waals surface area contributed by atoms with Crippen molar-refractivity contribution in [2.75, 3.05) is 23.7 Å². The average molecular weight is 248 g/mol. The number of rotatable bonds is 2. The molecule has 0 aliphatic carbocycles. The zero-order chi connectivity index (χ0) is 13.3. The second-order valence-corrected chi connectivity index (χ2v) is 5.11. The Morgan fingerprint density at radius 2 is 2.22 bits per heavy atom. The number of Topliss-reactive ketones (excluding diaryl/α,β-unsaturated/α-hetero) is 1. The van der Waals surface area contributed by atoms with Crippen molar-refractivity contribution in [1.29, 1.82) is 0 Å². The van der Waals surface area contributed by atoms with Crippen LogP contribution in [0, 0.1) is 5.92 Å². The Labute approximate surface area is 107 Å². The van der Waals surface area contributed by atoms with Crippen LogP contribution in [-0.2, 0) is 0 Å². The monoisotopic (exact) mass is 248 g/mol. The van der Waals surface area contributed by atoms with Crippen molar-refractivity contribution in [3.63, 3.8) is 0 Å². The number of anilines is 2. The molecule has 0 bridgehead atoms. The molecule has 2 unspecified atom stereocenters. The molecular weight excluding hydrogens is 228 g/mol. The summed E-state index contributed by atoms with van der Waals surface area (Å²) in [5.41, 5.74) is 7.92. The number of nitrogen functional groups attached to an aromatic ring is 1. The van der Waals surface area contributed by atoms with Crippen LogP contribution < -0.4 is 10.6 Å². The summed E-state index contributed by atoms with van der Waals surface area (Å²) >= 11 is 0. The van der Waals surface area contributed by atoms with Crippen molar-refractivity contribution >= 4 is 17.2 Å². The van der Waals surface area contributed by atoms with E-state index in [2.05, 4.69) is 11.8 Å². The van der Waals surface area contributed by atoms with Crippen molar-refractivity contribution < 1.29 is 9.90 Å². The summed E-state index contributed by atoms with van der Waals surface area (Å²) in [5, 5.41) is 9.89. The number of piperidine rings is 1. The molecule has 4 nitrogen and oxygen atoms in total. The van der Waals surface area contributed by atoms with Gasteiger partial charge in [0.25, 0.3) is 0 Å². The van der Waals surface area contributed by atoms with Gasteiger partial charge in [0.15, 0.2) is 5.78 Å². The standard InChI is InChI=1S/C14H20N2O2/c1-9-5-6-16(8-14(9)18)11-3-4-12(10(2)17)13(15)7-11/h3-4,7,9,14,18H,5-6,8,15H2,1-2H3. The molecule has 2 rings (SSSR count). The van der Waals surface area contributed by atoms with Gasteiger partial charge in [0.2, 0.25) is 0 Å². The first-order valence-electron chi connectivity index (χ1n) is 6.32. The number of carbonyl (C=O) groups is 1. The molecule has 1 heterocycles. The van der Waals surface area contributed by atoms with E-state index in [-0.39, 0.29) is 11.9 Å². The van der Waals surface area contributed by atoms with E-state index in [0.29, 0.717) is 23.7 Å². The van der Waals surface area contributed by atoms with E-state index in [0.717, 1.165) is 18.7 Å². The summed E-state index contributed by atoms with van der Waals surface area (Å²) in [6.45, 7) is 5.12. The Morgan fingerprint density at radius 3 is 2.78 bits per heavy atom. The first kappa shape index (κ1) is 12.9. The highest BCUT2D eigenvalue weighted by molar-refractivity contribution is 5.99. The van der Waals surface area contributed by atoms with E-state index in [1.807, 2.05) is 12.1 Å². The summed E-state index contributed by atoms with van der Waals surface area (Å²) < 4.78 is 0. The number of hydrogen-bond acceptors (Lipinski definition) is 4. The lowest BCUT2D eigenvalue weighted by atomic mass is 9.95. The second-order valence-electron chi connectivity index (χ2n) is 5.11. The summed E-state index contributed by atoms with van der Waals surface area (Å²) in [7, 11) is 0. The highest BCUT2D eigenvalue weighted by Crippen LogP contribution is 2.26. The summed E-state index contributed by atoms with van der Waals surface area (Å²) in [6.07, 6.45) is 0.669. The van der Waals surface area contributed by atoms with Gasteiger partial charge in [0.1, 0.15) is 0 Å².